The molecule has 0 heterocycles. The molecule has 0 bridgehead atoms. The first-order chi connectivity index (χ1) is 9.47. The van der Waals surface area contributed by atoms with Crippen molar-refractivity contribution >= 4 is 11.6 Å². The second-order valence-electron chi connectivity index (χ2n) is 4.37. The van der Waals surface area contributed by atoms with Crippen LogP contribution in [0.15, 0.2) is 18.2 Å². The van der Waals surface area contributed by atoms with E-state index in [4.69, 9.17) is 10.5 Å². The molecule has 1 amide bonds. The first-order valence-corrected chi connectivity index (χ1v) is 6.41. The summed E-state index contributed by atoms with van der Waals surface area (Å²) in [5, 5.41) is 13.6. The SMILES string of the molecule is CCOc1c(C(=O)NCCC(C)N)cccc1[N+](=O)[O-]. The fourth-order valence-corrected chi connectivity index (χ4v) is 1.65. The van der Waals surface area contributed by atoms with Crippen molar-refractivity contribution in [3.8, 4) is 5.75 Å². The van der Waals surface area contributed by atoms with Gasteiger partial charge in [0.15, 0.2) is 0 Å². The summed E-state index contributed by atoms with van der Waals surface area (Å²) in [6.07, 6.45) is 0.630. The molecule has 0 saturated heterocycles. The Kier molecular flexibility index (Phi) is 5.92. The lowest BCUT2D eigenvalue weighted by Crippen LogP contribution is -2.29. The Morgan fingerprint density at radius 3 is 2.80 bits per heavy atom. The maximum atomic E-state index is 12.0. The Hall–Kier alpha value is -2.15. The van der Waals surface area contributed by atoms with Gasteiger partial charge >= 0.3 is 5.69 Å². The van der Waals surface area contributed by atoms with E-state index in [2.05, 4.69) is 5.32 Å². The summed E-state index contributed by atoms with van der Waals surface area (Å²) in [7, 11) is 0. The third-order valence-electron chi connectivity index (χ3n) is 2.61. The third-order valence-corrected chi connectivity index (χ3v) is 2.61. The number of amides is 1. The van der Waals surface area contributed by atoms with E-state index in [1.54, 1.807) is 6.92 Å². The minimum Gasteiger partial charge on any atom is -0.487 e. The zero-order valence-corrected chi connectivity index (χ0v) is 11.6. The molecule has 3 N–H and O–H groups in total. The molecule has 0 aliphatic carbocycles. The van der Waals surface area contributed by atoms with Gasteiger partial charge in [-0.25, -0.2) is 0 Å². The van der Waals surface area contributed by atoms with E-state index in [0.29, 0.717) is 13.0 Å². The molecule has 0 aliphatic heterocycles. The predicted molar refractivity (Wildman–Crippen MR) is 74.9 cm³/mol. The summed E-state index contributed by atoms with van der Waals surface area (Å²) in [4.78, 5) is 22.4. The molecule has 0 saturated carbocycles. The van der Waals surface area contributed by atoms with E-state index in [-0.39, 0.29) is 29.6 Å². The van der Waals surface area contributed by atoms with Gasteiger partial charge in [0.2, 0.25) is 5.75 Å². The van der Waals surface area contributed by atoms with Gasteiger partial charge < -0.3 is 15.8 Å². The van der Waals surface area contributed by atoms with E-state index in [9.17, 15) is 14.9 Å². The number of nitro benzene ring substituents is 1. The molecule has 0 fully saturated rings. The third kappa shape index (κ3) is 4.20. The molecule has 0 spiro atoms. The van der Waals surface area contributed by atoms with Crippen LogP contribution >= 0.6 is 0 Å². The molecule has 7 heteroatoms. The second kappa shape index (κ2) is 7.44. The quantitative estimate of drug-likeness (QED) is 0.581. The number of carbonyl (C=O) groups excluding carboxylic acids is 1. The van der Waals surface area contributed by atoms with Crippen molar-refractivity contribution in [2.75, 3.05) is 13.2 Å². The van der Waals surface area contributed by atoms with Gasteiger partial charge in [-0.3, -0.25) is 14.9 Å². The van der Waals surface area contributed by atoms with E-state index in [0.717, 1.165) is 0 Å². The normalized spacial score (nSPS) is 11.8. The van der Waals surface area contributed by atoms with Gasteiger partial charge in [-0.1, -0.05) is 6.07 Å². The van der Waals surface area contributed by atoms with Crippen LogP contribution in [0.5, 0.6) is 5.75 Å². The highest BCUT2D eigenvalue weighted by molar-refractivity contribution is 5.98. The van der Waals surface area contributed by atoms with E-state index in [1.165, 1.54) is 18.2 Å². The van der Waals surface area contributed by atoms with Crippen molar-refractivity contribution in [3.63, 3.8) is 0 Å². The van der Waals surface area contributed by atoms with Crippen molar-refractivity contribution in [2.45, 2.75) is 26.3 Å². The number of hydrogen-bond acceptors (Lipinski definition) is 5. The molecule has 0 radical (unpaired) electrons. The molecule has 7 nitrogen and oxygen atoms in total. The maximum Gasteiger partial charge on any atom is 0.311 e. The van der Waals surface area contributed by atoms with Gasteiger partial charge in [0.05, 0.1) is 17.1 Å². The Labute approximate surface area is 117 Å². The van der Waals surface area contributed by atoms with Crippen molar-refractivity contribution < 1.29 is 14.5 Å². The van der Waals surface area contributed by atoms with Crippen LogP contribution in [0.25, 0.3) is 0 Å². The second-order valence-corrected chi connectivity index (χ2v) is 4.37. The number of nitro groups is 1. The molecule has 0 aliphatic rings. The van der Waals surface area contributed by atoms with Crippen LogP contribution in [-0.2, 0) is 0 Å². The number of nitrogens with two attached hydrogens (primary N) is 1. The first kappa shape index (κ1) is 15.9. The molecule has 1 atom stereocenters. The van der Waals surface area contributed by atoms with E-state index in [1.807, 2.05) is 6.92 Å². The fraction of sp³-hybridized carbons (Fsp3) is 0.462. The highest BCUT2D eigenvalue weighted by Crippen LogP contribution is 2.30. The highest BCUT2D eigenvalue weighted by atomic mass is 16.6. The molecule has 0 aromatic heterocycles. The fourth-order valence-electron chi connectivity index (χ4n) is 1.65. The van der Waals surface area contributed by atoms with Crippen LogP contribution in [0.4, 0.5) is 5.69 Å². The van der Waals surface area contributed by atoms with Crippen LogP contribution in [0.3, 0.4) is 0 Å². The van der Waals surface area contributed by atoms with Gasteiger partial charge in [0.25, 0.3) is 5.91 Å². The smallest absolute Gasteiger partial charge is 0.311 e. The number of benzene rings is 1. The molecule has 1 aromatic carbocycles. The standard InChI is InChI=1S/C13H19N3O4/c1-3-20-12-10(5-4-6-11(12)16(18)19)13(17)15-8-7-9(2)14/h4-6,9H,3,7-8,14H2,1-2H3,(H,15,17). The molecule has 20 heavy (non-hydrogen) atoms. The van der Waals surface area contributed by atoms with E-state index < -0.39 is 10.8 Å². The van der Waals surface area contributed by atoms with Crippen molar-refractivity contribution in [1.29, 1.82) is 0 Å². The van der Waals surface area contributed by atoms with Gasteiger partial charge in [0.1, 0.15) is 0 Å². The summed E-state index contributed by atoms with van der Waals surface area (Å²) in [5.74, 6) is -0.406. The van der Waals surface area contributed by atoms with E-state index >= 15 is 0 Å². The average molecular weight is 281 g/mol. The molecule has 1 aromatic rings. The molecule has 110 valence electrons. The Morgan fingerprint density at radius 1 is 1.55 bits per heavy atom. The van der Waals surface area contributed by atoms with Crippen molar-refractivity contribution in [1.82, 2.24) is 5.32 Å². The Morgan fingerprint density at radius 2 is 2.25 bits per heavy atom. The average Bonchev–Trinajstić information content (AvgIpc) is 2.38. The monoisotopic (exact) mass is 281 g/mol. The minimum absolute atomic E-state index is 0.00158. The highest BCUT2D eigenvalue weighted by Gasteiger charge is 2.22. The van der Waals surface area contributed by atoms with Crippen molar-refractivity contribution in [2.24, 2.45) is 5.73 Å². The maximum absolute atomic E-state index is 12.0. The summed E-state index contributed by atoms with van der Waals surface area (Å²) < 4.78 is 5.25. The van der Waals surface area contributed by atoms with Gasteiger partial charge in [-0.05, 0) is 26.3 Å². The summed E-state index contributed by atoms with van der Waals surface area (Å²) >= 11 is 0. The molecule has 1 unspecified atom stereocenters. The molecule has 1 rings (SSSR count). The topological polar surface area (TPSA) is 107 Å². The Bertz CT molecular complexity index is 489. The number of rotatable bonds is 7. The number of carbonyl (C=O) groups is 1. The Balaban J connectivity index is 2.95. The zero-order valence-electron chi connectivity index (χ0n) is 11.6. The van der Waals surface area contributed by atoms with Crippen LogP contribution in [0.2, 0.25) is 0 Å². The number of para-hydroxylation sites is 1. The van der Waals surface area contributed by atoms with Gasteiger partial charge in [-0.15, -0.1) is 0 Å². The zero-order chi connectivity index (χ0) is 15.1. The summed E-state index contributed by atoms with van der Waals surface area (Å²) in [5.41, 5.74) is 5.54. The minimum atomic E-state index is -0.566. The lowest BCUT2D eigenvalue weighted by Gasteiger charge is -2.11. The van der Waals surface area contributed by atoms with Crippen LogP contribution in [0, 0.1) is 10.1 Å². The lowest BCUT2D eigenvalue weighted by atomic mass is 10.1. The van der Waals surface area contributed by atoms with Gasteiger partial charge in [0, 0.05) is 18.7 Å². The lowest BCUT2D eigenvalue weighted by molar-refractivity contribution is -0.385. The van der Waals surface area contributed by atoms with Gasteiger partial charge in [-0.2, -0.15) is 0 Å². The van der Waals surface area contributed by atoms with Crippen LogP contribution < -0.4 is 15.8 Å². The largest absolute Gasteiger partial charge is 0.487 e. The number of ether oxygens (including phenoxy) is 1. The van der Waals surface area contributed by atoms with Crippen molar-refractivity contribution in [3.05, 3.63) is 33.9 Å². The number of nitrogens with zero attached hydrogens (tertiary/aromatic N) is 1. The molecular formula is C13H19N3O4. The summed E-state index contributed by atoms with van der Waals surface area (Å²) in [6, 6.07) is 4.25. The predicted octanol–water partition coefficient (Wildman–Crippen LogP) is 1.46. The summed E-state index contributed by atoms with van der Waals surface area (Å²) in [6.45, 7) is 4.19. The number of nitrogens with one attached hydrogen (secondary N) is 1. The molecular weight excluding hydrogens is 262 g/mol. The van der Waals surface area contributed by atoms with Crippen LogP contribution in [-0.4, -0.2) is 30.0 Å². The van der Waals surface area contributed by atoms with Crippen LogP contribution in [0.1, 0.15) is 30.6 Å². The number of hydrogen-bond donors (Lipinski definition) is 2. The first-order valence-electron chi connectivity index (χ1n) is 6.41.